The number of aromatic hydroxyl groups is 1. The van der Waals surface area contributed by atoms with E-state index in [2.05, 4.69) is 6.08 Å². The highest BCUT2D eigenvalue weighted by Gasteiger charge is 2.81. The molecule has 1 aromatic rings. The predicted octanol–water partition coefficient (Wildman–Crippen LogP) is 6.45. The molecule has 3 aliphatic carbocycles. The number of fused-ring (bicyclic) bond motifs is 2. The van der Waals surface area contributed by atoms with Crippen molar-refractivity contribution >= 4 is 17.6 Å². The topological polar surface area (TPSA) is 82.1 Å². The fraction of sp³-hybridized carbons (Fsp3) is 0.515. The summed E-state index contributed by atoms with van der Waals surface area (Å²) in [5, 5.41) is 11.5. The first-order valence-electron chi connectivity index (χ1n) is 13.9. The molecule has 7 rings (SSSR count). The molecule has 1 saturated heterocycles. The van der Waals surface area contributed by atoms with Gasteiger partial charge in [-0.15, -0.1) is 0 Å². The van der Waals surface area contributed by atoms with Crippen LogP contribution in [0.2, 0.25) is 0 Å². The number of hydrogen-bond donors (Lipinski definition) is 1. The van der Waals surface area contributed by atoms with Crippen molar-refractivity contribution in [2.24, 2.45) is 11.8 Å². The van der Waals surface area contributed by atoms with Crippen LogP contribution in [-0.4, -0.2) is 39.1 Å². The van der Waals surface area contributed by atoms with Crippen molar-refractivity contribution in [3.8, 4) is 17.2 Å². The number of phenols is 1. The normalized spacial score (nSPS) is 31.8. The third-order valence-electron chi connectivity index (χ3n) is 9.13. The smallest absolute Gasteiger partial charge is 0.200 e. The lowest BCUT2D eigenvalue weighted by Gasteiger charge is -2.56. The van der Waals surface area contributed by atoms with Gasteiger partial charge in [0, 0.05) is 29.4 Å². The highest BCUT2D eigenvalue weighted by Crippen LogP contribution is 2.68. The van der Waals surface area contributed by atoms with E-state index in [1.165, 1.54) is 0 Å². The molecule has 3 aliphatic heterocycles. The lowest BCUT2D eigenvalue weighted by atomic mass is 9.51. The lowest BCUT2D eigenvalue weighted by molar-refractivity contribution is -0.171. The molecule has 6 heteroatoms. The summed E-state index contributed by atoms with van der Waals surface area (Å²) in [6.45, 7) is 15.9. The fourth-order valence-electron chi connectivity index (χ4n) is 7.41. The van der Waals surface area contributed by atoms with Gasteiger partial charge in [-0.05, 0) is 80.4 Å². The fourth-order valence-corrected chi connectivity index (χ4v) is 7.41. The second kappa shape index (κ2) is 7.97. The first kappa shape index (κ1) is 26.1. The zero-order valence-corrected chi connectivity index (χ0v) is 24.2. The number of benzene rings is 1. The molecular weight excluding hydrogens is 492 g/mol. The highest BCUT2D eigenvalue weighted by atomic mass is 16.6. The number of phenolic OH excluding ortho intramolecular Hbond substituents is 1. The average molecular weight is 531 g/mol. The number of Topliss-reactive ketones (excluding diaryl/α,β-unsaturated/α-hetero) is 2. The maximum absolute atomic E-state index is 14.5. The van der Waals surface area contributed by atoms with Crippen LogP contribution < -0.4 is 9.47 Å². The van der Waals surface area contributed by atoms with Gasteiger partial charge in [-0.3, -0.25) is 9.59 Å². The van der Waals surface area contributed by atoms with Crippen molar-refractivity contribution < 1.29 is 28.9 Å². The summed E-state index contributed by atoms with van der Waals surface area (Å²) in [6.07, 6.45) is 10.9. The summed E-state index contributed by atoms with van der Waals surface area (Å²) in [5.74, 6) is -0.308. The molecule has 4 bridgehead atoms. The molecular formula is C33H38O6. The number of hydrogen-bond acceptors (Lipinski definition) is 6. The molecule has 1 N–H and O–H groups in total. The molecule has 206 valence electrons. The van der Waals surface area contributed by atoms with E-state index in [1.807, 2.05) is 73.6 Å². The number of rotatable bonds is 4. The van der Waals surface area contributed by atoms with Gasteiger partial charge in [0.1, 0.15) is 28.4 Å². The van der Waals surface area contributed by atoms with Crippen molar-refractivity contribution in [3.05, 3.63) is 57.7 Å². The molecule has 6 nitrogen and oxygen atoms in total. The van der Waals surface area contributed by atoms with E-state index in [0.29, 0.717) is 47.5 Å². The van der Waals surface area contributed by atoms with E-state index in [4.69, 9.17) is 14.2 Å². The Hall–Kier alpha value is -3.12. The minimum Gasteiger partial charge on any atom is -0.506 e. The van der Waals surface area contributed by atoms with E-state index in [0.717, 1.165) is 11.1 Å². The van der Waals surface area contributed by atoms with Gasteiger partial charge in [0.2, 0.25) is 0 Å². The van der Waals surface area contributed by atoms with Gasteiger partial charge >= 0.3 is 0 Å². The van der Waals surface area contributed by atoms with E-state index < -0.39 is 28.3 Å². The van der Waals surface area contributed by atoms with E-state index in [1.54, 1.807) is 6.08 Å². The van der Waals surface area contributed by atoms with Crippen molar-refractivity contribution in [2.45, 2.75) is 97.1 Å². The molecule has 3 heterocycles. The molecule has 4 atom stereocenters. The summed E-state index contributed by atoms with van der Waals surface area (Å²) < 4.78 is 20.3. The minimum absolute atomic E-state index is 0.0322. The largest absolute Gasteiger partial charge is 0.506 e. The second-order valence-corrected chi connectivity index (χ2v) is 13.3. The summed E-state index contributed by atoms with van der Waals surface area (Å²) >= 11 is 0. The van der Waals surface area contributed by atoms with Crippen LogP contribution in [0.15, 0.2) is 41.0 Å². The van der Waals surface area contributed by atoms with Crippen molar-refractivity contribution in [1.82, 2.24) is 0 Å². The average Bonchev–Trinajstić information content (AvgIpc) is 2.99. The minimum atomic E-state index is -1.34. The Morgan fingerprint density at radius 3 is 2.38 bits per heavy atom. The number of ketones is 2. The number of allylic oxidation sites excluding steroid dienone is 4. The molecule has 1 saturated carbocycles. The predicted molar refractivity (Wildman–Crippen MR) is 149 cm³/mol. The second-order valence-electron chi connectivity index (χ2n) is 13.3. The van der Waals surface area contributed by atoms with E-state index >= 15 is 0 Å². The Morgan fingerprint density at radius 1 is 1.03 bits per heavy atom. The molecule has 0 amide bonds. The molecule has 1 spiro atoms. The van der Waals surface area contributed by atoms with Gasteiger partial charge in [-0.1, -0.05) is 29.4 Å². The van der Waals surface area contributed by atoms with Crippen LogP contribution in [-0.2, 0) is 16.0 Å². The maximum atomic E-state index is 14.5. The third-order valence-corrected chi connectivity index (χ3v) is 9.13. The summed E-state index contributed by atoms with van der Waals surface area (Å²) in [4.78, 5) is 28.6. The third kappa shape index (κ3) is 3.30. The Bertz CT molecular complexity index is 1460. The van der Waals surface area contributed by atoms with Crippen LogP contribution in [0.5, 0.6) is 17.2 Å². The molecule has 6 aliphatic rings. The van der Waals surface area contributed by atoms with Crippen LogP contribution in [0.25, 0.3) is 6.08 Å². The molecule has 0 aromatic heterocycles. The summed E-state index contributed by atoms with van der Waals surface area (Å²) in [6, 6.07) is 0. The van der Waals surface area contributed by atoms with Crippen LogP contribution in [0.1, 0.15) is 89.7 Å². The molecule has 3 unspecified atom stereocenters. The first-order chi connectivity index (χ1) is 18.1. The zero-order chi connectivity index (χ0) is 28.3. The van der Waals surface area contributed by atoms with Crippen molar-refractivity contribution in [1.29, 1.82) is 0 Å². The molecule has 39 heavy (non-hydrogen) atoms. The summed E-state index contributed by atoms with van der Waals surface area (Å²) in [5.41, 5.74) is -0.00322. The number of ether oxygens (including phenoxy) is 3. The standard InChI is InChI=1S/C33H38O6/c1-17(2)9-10-21-27-20(12-13-30(5,6)37-27)25(34)24-26(35)22-15-19-16-23-31(7,8)39-32(29(19)36,14-11-18(3)4)33(22,23)38-28(21)24/h9,11-13,15,19,23,34H,10,14,16H2,1-8H3/t19?,23?,32?,33-/m1/s1. The molecule has 1 aromatic carbocycles. The Balaban J connectivity index is 1.67. The Morgan fingerprint density at radius 2 is 1.72 bits per heavy atom. The van der Waals surface area contributed by atoms with Crippen molar-refractivity contribution in [2.75, 3.05) is 0 Å². The highest BCUT2D eigenvalue weighted by molar-refractivity contribution is 6.19. The molecule has 2 fully saturated rings. The van der Waals surface area contributed by atoms with Crippen LogP contribution in [0, 0.1) is 11.8 Å². The quantitative estimate of drug-likeness (QED) is 0.451. The van der Waals surface area contributed by atoms with Gasteiger partial charge in [0.15, 0.2) is 22.8 Å². The van der Waals surface area contributed by atoms with E-state index in [-0.39, 0.29) is 28.8 Å². The first-order valence-corrected chi connectivity index (χ1v) is 13.9. The summed E-state index contributed by atoms with van der Waals surface area (Å²) in [7, 11) is 0. The van der Waals surface area contributed by atoms with Gasteiger partial charge in [-0.2, -0.15) is 0 Å². The number of carbonyl (C=O) groups is 2. The lowest BCUT2D eigenvalue weighted by Crippen LogP contribution is -2.72. The zero-order valence-electron chi connectivity index (χ0n) is 24.2. The molecule has 0 radical (unpaired) electrons. The Kier molecular flexibility index (Phi) is 5.34. The van der Waals surface area contributed by atoms with E-state index in [9.17, 15) is 14.7 Å². The van der Waals surface area contributed by atoms with Crippen LogP contribution >= 0.6 is 0 Å². The monoisotopic (exact) mass is 530 g/mol. The SMILES string of the molecule is CC(C)=CCc1c2c(c(O)c3c1O[C@]14C(=CC5CC1C(C)(C)OC4(CC=C(C)C)C5=O)C3=O)C=CC(C)(C)O2. The van der Waals surface area contributed by atoms with Gasteiger partial charge in [-0.25, -0.2) is 0 Å². The maximum Gasteiger partial charge on any atom is 0.200 e. The van der Waals surface area contributed by atoms with Gasteiger partial charge < -0.3 is 19.3 Å². The van der Waals surface area contributed by atoms with Crippen LogP contribution in [0.3, 0.4) is 0 Å². The van der Waals surface area contributed by atoms with Gasteiger partial charge in [0.05, 0.1) is 11.2 Å². The van der Waals surface area contributed by atoms with Gasteiger partial charge in [0.25, 0.3) is 0 Å². The Labute approximate surface area is 230 Å². The number of carbonyl (C=O) groups excluding carboxylic acids is 2. The van der Waals surface area contributed by atoms with Crippen LogP contribution in [0.4, 0.5) is 0 Å². The van der Waals surface area contributed by atoms with Crippen molar-refractivity contribution in [3.63, 3.8) is 0 Å².